The van der Waals surface area contributed by atoms with Crippen LogP contribution >= 0.6 is 11.6 Å². The number of hydrogen-bond acceptors (Lipinski definition) is 2. The van der Waals surface area contributed by atoms with Gasteiger partial charge in [0.15, 0.2) is 11.8 Å². The van der Waals surface area contributed by atoms with Crippen LogP contribution in [0.1, 0.15) is 12.5 Å². The lowest BCUT2D eigenvalue weighted by atomic mass is 9.94. The molecule has 6 heteroatoms. The summed E-state index contributed by atoms with van der Waals surface area (Å²) in [5.74, 6) is -0.615. The van der Waals surface area contributed by atoms with Gasteiger partial charge in [-0.1, -0.05) is 11.6 Å². The van der Waals surface area contributed by atoms with E-state index in [1.54, 1.807) is 0 Å². The maximum absolute atomic E-state index is 12.8. The number of rotatable bonds is 1. The molecule has 0 unspecified atom stereocenters. The van der Waals surface area contributed by atoms with Gasteiger partial charge >= 0.3 is 6.18 Å². The number of alkyl halides is 3. The molecular weight excluding hydrogens is 267 g/mol. The first-order chi connectivity index (χ1) is 8.29. The Kier molecular flexibility index (Phi) is 3.11. The van der Waals surface area contributed by atoms with Gasteiger partial charge in [0.05, 0.1) is 0 Å². The summed E-state index contributed by atoms with van der Waals surface area (Å²) in [6.45, 7) is 1.11. The van der Waals surface area contributed by atoms with Gasteiger partial charge in [0.2, 0.25) is 0 Å². The van der Waals surface area contributed by atoms with E-state index in [2.05, 4.69) is 5.32 Å². The zero-order chi connectivity index (χ0) is 13.5. The second kappa shape index (κ2) is 4.31. The normalized spacial score (nSPS) is 18.7. The average molecular weight is 276 g/mol. The molecule has 1 aromatic rings. The van der Waals surface area contributed by atoms with Crippen LogP contribution in [0.3, 0.4) is 0 Å². The molecule has 0 amide bonds. The molecule has 0 spiro atoms. The number of nitrogens with one attached hydrogen (secondary N) is 1. The van der Waals surface area contributed by atoms with Crippen LogP contribution in [0.5, 0.6) is 0 Å². The molecule has 18 heavy (non-hydrogen) atoms. The summed E-state index contributed by atoms with van der Waals surface area (Å²) < 4.78 is 38.5. The van der Waals surface area contributed by atoms with Crippen LogP contribution in [-0.4, -0.2) is 18.0 Å². The summed E-state index contributed by atoms with van der Waals surface area (Å²) >= 11 is 5.77. The number of carbonyl (C=O) groups excluding carboxylic acids is 1. The summed E-state index contributed by atoms with van der Waals surface area (Å²) in [6.07, 6.45) is -3.28. The largest absolute Gasteiger partial charge is 0.412 e. The summed E-state index contributed by atoms with van der Waals surface area (Å²) in [5, 5.41) is 2.73. The van der Waals surface area contributed by atoms with Crippen molar-refractivity contribution >= 4 is 29.1 Å². The van der Waals surface area contributed by atoms with Crippen LogP contribution in [0.4, 0.5) is 18.9 Å². The highest BCUT2D eigenvalue weighted by molar-refractivity contribution is 6.30. The van der Waals surface area contributed by atoms with E-state index in [0.717, 1.165) is 6.92 Å². The van der Waals surface area contributed by atoms with E-state index in [4.69, 9.17) is 11.6 Å². The third kappa shape index (κ3) is 2.36. The van der Waals surface area contributed by atoms with Crippen LogP contribution in [0.25, 0.3) is 6.08 Å². The molecule has 1 N–H and O–H groups in total. The standard InChI is InChI=1S/C12H9ClF3NO/c1-6(18)9-5-7-4-8(13)2-3-10(7)17-11(9)12(14,15)16/h2-5,11,17H,1H3/t11-/m0/s1. The number of carbonyl (C=O) groups is 1. The van der Waals surface area contributed by atoms with Gasteiger partial charge in [-0.2, -0.15) is 13.2 Å². The third-order valence-electron chi connectivity index (χ3n) is 2.67. The average Bonchev–Trinajstić information content (AvgIpc) is 2.25. The lowest BCUT2D eigenvalue weighted by molar-refractivity contribution is -0.139. The summed E-state index contributed by atoms with van der Waals surface area (Å²) in [4.78, 5) is 11.3. The molecule has 96 valence electrons. The van der Waals surface area contributed by atoms with Crippen molar-refractivity contribution in [3.05, 3.63) is 34.4 Å². The van der Waals surface area contributed by atoms with Crippen molar-refractivity contribution < 1.29 is 18.0 Å². The molecule has 2 rings (SSSR count). The van der Waals surface area contributed by atoms with Crippen molar-refractivity contribution in [1.29, 1.82) is 0 Å². The van der Waals surface area contributed by atoms with Crippen LogP contribution < -0.4 is 5.32 Å². The lowest BCUT2D eigenvalue weighted by Crippen LogP contribution is -2.41. The summed E-state index contributed by atoms with van der Waals surface area (Å²) in [6, 6.07) is 2.50. The minimum Gasteiger partial charge on any atom is -0.370 e. The fourth-order valence-electron chi connectivity index (χ4n) is 1.83. The van der Waals surface area contributed by atoms with Gasteiger partial charge in [-0.05, 0) is 36.8 Å². The zero-order valence-corrected chi connectivity index (χ0v) is 10.1. The number of Topliss-reactive ketones (excluding diaryl/α,β-unsaturated/α-hetero) is 1. The smallest absolute Gasteiger partial charge is 0.370 e. The first-order valence-electron chi connectivity index (χ1n) is 5.14. The van der Waals surface area contributed by atoms with Crippen molar-refractivity contribution in [2.75, 3.05) is 5.32 Å². The Hall–Kier alpha value is -1.49. The van der Waals surface area contributed by atoms with Crippen LogP contribution in [-0.2, 0) is 4.79 Å². The molecule has 0 saturated carbocycles. The molecular formula is C12H9ClF3NO. The Morgan fingerprint density at radius 2 is 2.06 bits per heavy atom. The number of fused-ring (bicyclic) bond motifs is 1. The highest BCUT2D eigenvalue weighted by Gasteiger charge is 2.45. The lowest BCUT2D eigenvalue weighted by Gasteiger charge is -2.28. The van der Waals surface area contributed by atoms with Gasteiger partial charge in [0, 0.05) is 16.3 Å². The molecule has 0 aromatic heterocycles. The van der Waals surface area contributed by atoms with E-state index in [-0.39, 0.29) is 5.57 Å². The predicted molar refractivity (Wildman–Crippen MR) is 63.6 cm³/mol. The van der Waals surface area contributed by atoms with Gasteiger partial charge < -0.3 is 5.32 Å². The fraction of sp³-hybridized carbons (Fsp3) is 0.250. The summed E-state index contributed by atoms with van der Waals surface area (Å²) in [5.41, 5.74) is 0.484. The molecule has 1 aromatic carbocycles. The van der Waals surface area contributed by atoms with Gasteiger partial charge in [-0.25, -0.2) is 0 Å². The topological polar surface area (TPSA) is 29.1 Å². The monoisotopic (exact) mass is 275 g/mol. The van der Waals surface area contributed by atoms with Crippen molar-refractivity contribution in [3.63, 3.8) is 0 Å². The second-order valence-corrected chi connectivity index (χ2v) is 4.44. The SMILES string of the molecule is CC(=O)C1=Cc2cc(Cl)ccc2N[C@@H]1C(F)(F)F. The molecule has 2 nitrogen and oxygen atoms in total. The van der Waals surface area contributed by atoms with Gasteiger partial charge in [0.1, 0.15) is 0 Å². The number of halogens is 4. The molecule has 0 aliphatic carbocycles. The Morgan fingerprint density at radius 3 is 2.61 bits per heavy atom. The molecule has 0 radical (unpaired) electrons. The van der Waals surface area contributed by atoms with Crippen molar-refractivity contribution in [3.8, 4) is 0 Å². The summed E-state index contributed by atoms with van der Waals surface area (Å²) in [7, 11) is 0. The molecule has 1 atom stereocenters. The molecule has 1 aliphatic rings. The number of benzene rings is 1. The highest BCUT2D eigenvalue weighted by atomic mass is 35.5. The van der Waals surface area contributed by atoms with Crippen molar-refractivity contribution in [2.24, 2.45) is 0 Å². The van der Waals surface area contributed by atoms with Crippen LogP contribution in [0, 0.1) is 0 Å². The maximum atomic E-state index is 12.8. The Bertz CT molecular complexity index is 537. The zero-order valence-electron chi connectivity index (χ0n) is 9.31. The number of anilines is 1. The van der Waals surface area contributed by atoms with E-state index in [9.17, 15) is 18.0 Å². The van der Waals surface area contributed by atoms with E-state index in [1.807, 2.05) is 0 Å². The van der Waals surface area contributed by atoms with Crippen LogP contribution in [0.15, 0.2) is 23.8 Å². The quantitative estimate of drug-likeness (QED) is 0.847. The highest BCUT2D eigenvalue weighted by Crippen LogP contribution is 2.36. The third-order valence-corrected chi connectivity index (χ3v) is 2.90. The first kappa shape index (κ1) is 13.0. The predicted octanol–water partition coefficient (Wildman–Crippen LogP) is 3.67. The molecule has 1 heterocycles. The second-order valence-electron chi connectivity index (χ2n) is 4.01. The minimum absolute atomic E-state index is 0.308. The Morgan fingerprint density at radius 1 is 1.39 bits per heavy atom. The number of ketones is 1. The Balaban J connectivity index is 2.53. The minimum atomic E-state index is -4.52. The van der Waals surface area contributed by atoms with Gasteiger partial charge in [-0.3, -0.25) is 4.79 Å². The molecule has 1 aliphatic heterocycles. The van der Waals surface area contributed by atoms with Crippen molar-refractivity contribution in [1.82, 2.24) is 0 Å². The molecule has 0 bridgehead atoms. The van der Waals surface area contributed by atoms with Crippen molar-refractivity contribution in [2.45, 2.75) is 19.1 Å². The van der Waals surface area contributed by atoms with E-state index >= 15 is 0 Å². The fourth-order valence-corrected chi connectivity index (χ4v) is 2.01. The Labute approximate surface area is 106 Å². The van der Waals surface area contributed by atoms with Crippen LogP contribution in [0.2, 0.25) is 5.02 Å². The van der Waals surface area contributed by atoms with Gasteiger partial charge in [-0.15, -0.1) is 0 Å². The maximum Gasteiger partial charge on any atom is 0.412 e. The molecule has 0 saturated heterocycles. The van der Waals surface area contributed by atoms with E-state index < -0.39 is 18.0 Å². The van der Waals surface area contributed by atoms with Gasteiger partial charge in [0.25, 0.3) is 0 Å². The molecule has 0 fully saturated rings. The first-order valence-corrected chi connectivity index (χ1v) is 5.52. The van der Waals surface area contributed by atoms with E-state index in [0.29, 0.717) is 16.3 Å². The van der Waals surface area contributed by atoms with E-state index in [1.165, 1.54) is 24.3 Å². The number of hydrogen-bond donors (Lipinski definition) is 1.